The Balaban J connectivity index is 2.81. The molecule has 0 unspecified atom stereocenters. The minimum atomic E-state index is 0.796. The Morgan fingerprint density at radius 1 is 1.42 bits per heavy atom. The van der Waals surface area contributed by atoms with E-state index < -0.39 is 0 Å². The van der Waals surface area contributed by atoms with Crippen LogP contribution in [0.3, 0.4) is 0 Å². The van der Waals surface area contributed by atoms with Gasteiger partial charge in [-0.1, -0.05) is 6.07 Å². The van der Waals surface area contributed by atoms with Crippen LogP contribution in [0.5, 0.6) is 0 Å². The van der Waals surface area contributed by atoms with Crippen molar-refractivity contribution in [2.45, 2.75) is 12.7 Å². The van der Waals surface area contributed by atoms with Crippen LogP contribution in [0.2, 0.25) is 0 Å². The lowest BCUT2D eigenvalue weighted by Gasteiger charge is -1.98. The highest BCUT2D eigenvalue weighted by atomic mass is 32.1. The Morgan fingerprint density at radius 3 is 3.00 bits per heavy atom. The number of hydrogen-bond donors (Lipinski definition) is 1. The van der Waals surface area contributed by atoms with Gasteiger partial charge in [0.1, 0.15) is 0 Å². The Hall–Kier alpha value is -0.890. The molecule has 0 aliphatic carbocycles. The van der Waals surface area contributed by atoms with Crippen LogP contribution in [-0.2, 0) is 5.75 Å². The molecule has 2 heteroatoms. The Kier molecular flexibility index (Phi) is 1.85. The van der Waals surface area contributed by atoms with E-state index in [9.17, 15) is 0 Å². The van der Waals surface area contributed by atoms with Gasteiger partial charge >= 0.3 is 0 Å². The third-order valence-corrected chi connectivity index (χ3v) is 2.45. The summed E-state index contributed by atoms with van der Waals surface area (Å²) in [6, 6.07) is 8.39. The first-order chi connectivity index (χ1) is 5.83. The number of thiol groups is 1. The third kappa shape index (κ3) is 1.03. The molecule has 62 valence electrons. The summed E-state index contributed by atoms with van der Waals surface area (Å²) < 4.78 is 2.18. The van der Waals surface area contributed by atoms with Gasteiger partial charge in [-0.3, -0.25) is 0 Å². The molecule has 0 fully saturated rings. The van der Waals surface area contributed by atoms with Crippen LogP contribution in [0.1, 0.15) is 11.3 Å². The van der Waals surface area contributed by atoms with E-state index in [1.165, 1.54) is 16.8 Å². The number of rotatable bonds is 1. The van der Waals surface area contributed by atoms with E-state index in [1.807, 2.05) is 6.07 Å². The molecule has 1 nitrogen and oxygen atoms in total. The molecule has 2 aromatic rings. The van der Waals surface area contributed by atoms with Crippen LogP contribution in [0, 0.1) is 6.92 Å². The van der Waals surface area contributed by atoms with Gasteiger partial charge in [-0.2, -0.15) is 12.6 Å². The molecule has 12 heavy (non-hydrogen) atoms. The van der Waals surface area contributed by atoms with Gasteiger partial charge in [0.15, 0.2) is 0 Å². The van der Waals surface area contributed by atoms with Crippen molar-refractivity contribution >= 4 is 18.1 Å². The van der Waals surface area contributed by atoms with Crippen LogP contribution in [-0.4, -0.2) is 4.40 Å². The van der Waals surface area contributed by atoms with Crippen molar-refractivity contribution in [1.29, 1.82) is 0 Å². The lowest BCUT2D eigenvalue weighted by atomic mass is 10.3. The third-order valence-electron chi connectivity index (χ3n) is 2.15. The van der Waals surface area contributed by atoms with Crippen molar-refractivity contribution in [3.05, 3.63) is 41.7 Å². The van der Waals surface area contributed by atoms with Crippen molar-refractivity contribution in [1.82, 2.24) is 4.40 Å². The summed E-state index contributed by atoms with van der Waals surface area (Å²) in [5, 5.41) is 0. The minimum Gasteiger partial charge on any atom is -0.320 e. The van der Waals surface area contributed by atoms with E-state index in [1.54, 1.807) is 0 Å². The van der Waals surface area contributed by atoms with Gasteiger partial charge in [0, 0.05) is 23.2 Å². The van der Waals surface area contributed by atoms with E-state index in [2.05, 4.69) is 48.3 Å². The van der Waals surface area contributed by atoms with E-state index in [0.717, 1.165) is 5.75 Å². The molecule has 0 aliphatic heterocycles. The summed E-state index contributed by atoms with van der Waals surface area (Å²) in [5.74, 6) is 0.796. The van der Waals surface area contributed by atoms with Crippen molar-refractivity contribution < 1.29 is 0 Å². The number of fused-ring (bicyclic) bond motifs is 1. The summed E-state index contributed by atoms with van der Waals surface area (Å²) >= 11 is 4.30. The molecule has 0 saturated carbocycles. The molecule has 0 amide bonds. The van der Waals surface area contributed by atoms with E-state index in [-0.39, 0.29) is 0 Å². The van der Waals surface area contributed by atoms with Crippen LogP contribution in [0.4, 0.5) is 0 Å². The lowest BCUT2D eigenvalue weighted by molar-refractivity contribution is 1.08. The molecule has 0 aliphatic rings. The first kappa shape index (κ1) is 7.74. The maximum absolute atomic E-state index is 4.30. The van der Waals surface area contributed by atoms with Crippen LogP contribution in [0.25, 0.3) is 5.52 Å². The molecule has 0 radical (unpaired) electrons. The van der Waals surface area contributed by atoms with Crippen molar-refractivity contribution in [2.75, 3.05) is 0 Å². The van der Waals surface area contributed by atoms with Gasteiger partial charge in [-0.05, 0) is 30.7 Å². The highest BCUT2D eigenvalue weighted by molar-refractivity contribution is 7.79. The van der Waals surface area contributed by atoms with E-state index in [0.29, 0.717) is 0 Å². The summed E-state index contributed by atoms with van der Waals surface area (Å²) in [6.07, 6.45) is 2.08. The predicted octanol–water partition coefficient (Wildman–Crippen LogP) is 2.68. The van der Waals surface area contributed by atoms with Gasteiger partial charge in [0.25, 0.3) is 0 Å². The molecule has 0 aromatic carbocycles. The number of nitrogens with zero attached hydrogens (tertiary/aromatic N) is 1. The lowest BCUT2D eigenvalue weighted by Crippen LogP contribution is -1.89. The monoisotopic (exact) mass is 177 g/mol. The van der Waals surface area contributed by atoms with Gasteiger partial charge < -0.3 is 4.40 Å². The zero-order valence-electron chi connectivity index (χ0n) is 6.99. The SMILES string of the molecule is Cc1cc2ccccn2c1CS. The molecule has 0 N–H and O–H groups in total. The molecule has 0 spiro atoms. The minimum absolute atomic E-state index is 0.796. The number of aryl methyl sites for hydroxylation is 1. The van der Waals surface area contributed by atoms with Crippen molar-refractivity contribution in [3.63, 3.8) is 0 Å². The van der Waals surface area contributed by atoms with Crippen LogP contribution >= 0.6 is 12.6 Å². The van der Waals surface area contributed by atoms with E-state index in [4.69, 9.17) is 0 Å². The molecule has 0 saturated heterocycles. The fraction of sp³-hybridized carbons (Fsp3) is 0.200. The molecule has 2 rings (SSSR count). The summed E-state index contributed by atoms with van der Waals surface area (Å²) in [4.78, 5) is 0. The van der Waals surface area contributed by atoms with Gasteiger partial charge in [0.05, 0.1) is 0 Å². The summed E-state index contributed by atoms with van der Waals surface area (Å²) in [6.45, 7) is 2.12. The zero-order chi connectivity index (χ0) is 8.55. The van der Waals surface area contributed by atoms with Gasteiger partial charge in [-0.15, -0.1) is 0 Å². The molecular weight excluding hydrogens is 166 g/mol. The van der Waals surface area contributed by atoms with Crippen molar-refractivity contribution in [2.24, 2.45) is 0 Å². The number of aromatic nitrogens is 1. The molecule has 2 heterocycles. The first-order valence-corrected chi connectivity index (χ1v) is 4.62. The average Bonchev–Trinajstić information content (AvgIpc) is 2.40. The largest absolute Gasteiger partial charge is 0.320 e. The quantitative estimate of drug-likeness (QED) is 0.639. The first-order valence-electron chi connectivity index (χ1n) is 3.99. The maximum atomic E-state index is 4.30. The fourth-order valence-electron chi connectivity index (χ4n) is 1.52. The molecular formula is C10H11NS. The summed E-state index contributed by atoms with van der Waals surface area (Å²) in [7, 11) is 0. The van der Waals surface area contributed by atoms with Crippen LogP contribution in [0.15, 0.2) is 30.5 Å². The summed E-state index contributed by atoms with van der Waals surface area (Å²) in [5.41, 5.74) is 3.85. The molecule has 0 bridgehead atoms. The Morgan fingerprint density at radius 2 is 2.25 bits per heavy atom. The number of pyridine rings is 1. The molecule has 0 atom stereocenters. The highest BCUT2D eigenvalue weighted by Gasteiger charge is 2.02. The van der Waals surface area contributed by atoms with Crippen LogP contribution < -0.4 is 0 Å². The average molecular weight is 177 g/mol. The topological polar surface area (TPSA) is 4.41 Å². The standard InChI is InChI=1S/C10H11NS/c1-8-6-9-4-2-3-5-11(9)10(8)7-12/h2-6,12H,7H2,1H3. The normalized spacial score (nSPS) is 10.8. The predicted molar refractivity (Wildman–Crippen MR) is 54.8 cm³/mol. The second-order valence-electron chi connectivity index (χ2n) is 2.93. The Labute approximate surface area is 77.4 Å². The smallest absolute Gasteiger partial charge is 0.0456 e. The second kappa shape index (κ2) is 2.87. The fourth-order valence-corrected chi connectivity index (χ4v) is 1.92. The number of hydrogen-bond acceptors (Lipinski definition) is 1. The highest BCUT2D eigenvalue weighted by Crippen LogP contribution is 2.16. The van der Waals surface area contributed by atoms with E-state index >= 15 is 0 Å². The maximum Gasteiger partial charge on any atom is 0.0456 e. The Bertz CT molecular complexity index is 403. The molecule has 2 aromatic heterocycles. The van der Waals surface area contributed by atoms with Crippen molar-refractivity contribution in [3.8, 4) is 0 Å². The second-order valence-corrected chi connectivity index (χ2v) is 3.24. The van der Waals surface area contributed by atoms with Gasteiger partial charge in [-0.25, -0.2) is 0 Å². The zero-order valence-corrected chi connectivity index (χ0v) is 7.88. The van der Waals surface area contributed by atoms with Gasteiger partial charge in [0.2, 0.25) is 0 Å².